The Morgan fingerprint density at radius 2 is 1.96 bits per heavy atom. The van der Waals surface area contributed by atoms with Crippen molar-refractivity contribution in [1.29, 1.82) is 0 Å². The number of alkyl halides is 3. The molecular formula is C17H16ClF3N4O2S. The summed E-state index contributed by atoms with van der Waals surface area (Å²) in [5.41, 5.74) is -0.155. The predicted octanol–water partition coefficient (Wildman–Crippen LogP) is 4.16. The molecule has 0 amide bonds. The van der Waals surface area contributed by atoms with Crippen molar-refractivity contribution < 1.29 is 21.6 Å². The van der Waals surface area contributed by atoms with Crippen molar-refractivity contribution in [3.05, 3.63) is 53.1 Å². The summed E-state index contributed by atoms with van der Waals surface area (Å²) in [4.78, 5) is 7.99. The summed E-state index contributed by atoms with van der Waals surface area (Å²) in [7, 11) is -3.92. The Hall–Kier alpha value is -2.17. The van der Waals surface area contributed by atoms with E-state index in [2.05, 4.69) is 14.7 Å². The first-order valence-corrected chi connectivity index (χ1v) is 10.1. The maximum Gasteiger partial charge on any atom is 0.416 e. The van der Waals surface area contributed by atoms with Gasteiger partial charge in [-0.25, -0.2) is 23.1 Å². The second-order valence-corrected chi connectivity index (χ2v) is 8.18. The summed E-state index contributed by atoms with van der Waals surface area (Å²) in [5.74, 6) is 0.308. The van der Waals surface area contributed by atoms with Crippen molar-refractivity contribution >= 4 is 32.7 Å². The van der Waals surface area contributed by atoms with Crippen LogP contribution in [0.4, 0.5) is 13.2 Å². The third kappa shape index (κ3) is 3.98. The Balaban J connectivity index is 1.99. The highest BCUT2D eigenvalue weighted by Crippen LogP contribution is 2.32. The third-order valence-electron chi connectivity index (χ3n) is 4.15. The molecule has 0 aliphatic heterocycles. The van der Waals surface area contributed by atoms with Crippen LogP contribution in [0, 0.1) is 0 Å². The molecule has 0 saturated carbocycles. The molecule has 28 heavy (non-hydrogen) atoms. The van der Waals surface area contributed by atoms with Crippen molar-refractivity contribution in [3.63, 3.8) is 0 Å². The molecule has 0 radical (unpaired) electrons. The molecule has 0 spiro atoms. The molecule has 150 valence electrons. The fourth-order valence-corrected chi connectivity index (χ4v) is 4.11. The van der Waals surface area contributed by atoms with Crippen molar-refractivity contribution in [2.24, 2.45) is 0 Å². The van der Waals surface area contributed by atoms with Crippen molar-refractivity contribution in [1.82, 2.24) is 19.3 Å². The molecule has 0 aliphatic carbocycles. The lowest BCUT2D eigenvalue weighted by Gasteiger charge is -2.15. The Bertz CT molecular complexity index is 1110. The normalized spacial score (nSPS) is 13.8. The highest BCUT2D eigenvalue weighted by atomic mass is 35.5. The number of rotatable bonds is 5. The minimum absolute atomic E-state index is 0.0812. The van der Waals surface area contributed by atoms with Crippen molar-refractivity contribution in [2.75, 3.05) is 0 Å². The number of hydrogen-bond donors (Lipinski definition) is 1. The molecule has 2 heterocycles. The predicted molar refractivity (Wildman–Crippen MR) is 98.4 cm³/mol. The number of nitrogens with one attached hydrogen (secondary N) is 1. The number of halogens is 4. The molecule has 1 aromatic carbocycles. The first-order valence-electron chi connectivity index (χ1n) is 8.24. The zero-order valence-corrected chi connectivity index (χ0v) is 16.4. The zero-order chi connectivity index (χ0) is 20.7. The first-order chi connectivity index (χ1) is 13.0. The van der Waals surface area contributed by atoms with E-state index in [-0.39, 0.29) is 15.6 Å². The average molecular weight is 433 g/mol. The van der Waals surface area contributed by atoms with Gasteiger partial charge in [0.1, 0.15) is 15.9 Å². The van der Waals surface area contributed by atoms with E-state index in [1.165, 1.54) is 18.2 Å². The summed E-state index contributed by atoms with van der Waals surface area (Å²) in [6.45, 7) is 3.63. The van der Waals surface area contributed by atoms with E-state index in [1.807, 2.05) is 0 Å². The van der Waals surface area contributed by atoms with E-state index in [9.17, 15) is 21.6 Å². The third-order valence-corrected chi connectivity index (χ3v) is 5.90. The molecule has 6 nitrogen and oxygen atoms in total. The minimum atomic E-state index is -4.48. The summed E-state index contributed by atoms with van der Waals surface area (Å²) in [5, 5.41) is 0.153. The summed E-state index contributed by atoms with van der Waals surface area (Å²) in [6.07, 6.45) is -3.36. The van der Waals surface area contributed by atoms with Crippen LogP contribution in [0.1, 0.15) is 31.3 Å². The standard InChI is InChI=1S/C17H16ClF3N4O2S/c1-3-25-14-8-11(17(19,20)21)4-6-13(14)23-16(25)10(2)24-28(26,27)12-5-7-15(18)22-9-12/h4-10,24H,3H2,1-2H3. The number of pyridine rings is 1. The monoisotopic (exact) mass is 432 g/mol. The van der Waals surface area contributed by atoms with E-state index in [0.29, 0.717) is 17.9 Å². The second kappa shape index (κ2) is 7.34. The van der Waals surface area contributed by atoms with Crippen LogP contribution in [0.2, 0.25) is 5.15 Å². The number of aromatic nitrogens is 3. The lowest BCUT2D eigenvalue weighted by atomic mass is 10.2. The van der Waals surface area contributed by atoms with Crippen LogP contribution in [0.15, 0.2) is 41.4 Å². The molecule has 1 unspecified atom stereocenters. The minimum Gasteiger partial charge on any atom is -0.327 e. The number of nitrogens with zero attached hydrogens (tertiary/aromatic N) is 3. The maximum atomic E-state index is 13.0. The fourth-order valence-electron chi connectivity index (χ4n) is 2.86. The smallest absolute Gasteiger partial charge is 0.327 e. The van der Waals surface area contributed by atoms with E-state index in [1.54, 1.807) is 18.4 Å². The lowest BCUT2D eigenvalue weighted by Crippen LogP contribution is -2.29. The van der Waals surface area contributed by atoms with Crippen LogP contribution in [-0.4, -0.2) is 23.0 Å². The fraction of sp³-hybridized carbons (Fsp3) is 0.294. The number of sulfonamides is 1. The topological polar surface area (TPSA) is 76.9 Å². The summed E-state index contributed by atoms with van der Waals surface area (Å²) in [6, 6.07) is 5.11. The van der Waals surface area contributed by atoms with Crippen molar-refractivity contribution in [3.8, 4) is 0 Å². The number of hydrogen-bond acceptors (Lipinski definition) is 4. The molecule has 11 heteroatoms. The van der Waals surface area contributed by atoms with Gasteiger partial charge in [0.25, 0.3) is 0 Å². The van der Waals surface area contributed by atoms with Crippen LogP contribution in [0.25, 0.3) is 11.0 Å². The number of imidazole rings is 1. The maximum absolute atomic E-state index is 13.0. The van der Waals surface area contributed by atoms with Gasteiger partial charge in [0.05, 0.1) is 22.6 Å². The van der Waals surface area contributed by atoms with E-state index >= 15 is 0 Å². The quantitative estimate of drug-likeness (QED) is 0.614. The van der Waals surface area contributed by atoms with Gasteiger partial charge >= 0.3 is 6.18 Å². The highest BCUT2D eigenvalue weighted by molar-refractivity contribution is 7.89. The Kier molecular flexibility index (Phi) is 5.39. The molecule has 1 atom stereocenters. The molecule has 2 aromatic heterocycles. The molecular weight excluding hydrogens is 417 g/mol. The van der Waals surface area contributed by atoms with Gasteiger partial charge in [-0.15, -0.1) is 0 Å². The number of fused-ring (bicyclic) bond motifs is 1. The molecule has 0 saturated heterocycles. The summed E-state index contributed by atoms with van der Waals surface area (Å²) < 4.78 is 68.2. The van der Waals surface area contributed by atoms with E-state index in [0.717, 1.165) is 18.3 Å². The Labute approximate surface area is 164 Å². The Morgan fingerprint density at radius 3 is 2.54 bits per heavy atom. The van der Waals surface area contributed by atoms with Gasteiger partial charge in [0.2, 0.25) is 10.0 Å². The number of aryl methyl sites for hydroxylation is 1. The lowest BCUT2D eigenvalue weighted by molar-refractivity contribution is -0.137. The van der Waals surface area contributed by atoms with Crippen LogP contribution in [0.3, 0.4) is 0 Å². The van der Waals surface area contributed by atoms with Crippen molar-refractivity contribution in [2.45, 2.75) is 37.5 Å². The van der Waals surface area contributed by atoms with Gasteiger partial charge in [0.15, 0.2) is 0 Å². The van der Waals surface area contributed by atoms with Gasteiger partial charge < -0.3 is 4.57 Å². The molecule has 0 aliphatic rings. The van der Waals surface area contributed by atoms with E-state index in [4.69, 9.17) is 11.6 Å². The average Bonchev–Trinajstić information content (AvgIpc) is 2.99. The van der Waals surface area contributed by atoms with E-state index < -0.39 is 27.8 Å². The van der Waals surface area contributed by atoms with Gasteiger partial charge in [-0.2, -0.15) is 13.2 Å². The first kappa shape index (κ1) is 20.6. The van der Waals surface area contributed by atoms with Gasteiger partial charge in [-0.1, -0.05) is 11.6 Å². The molecule has 3 aromatic rings. The van der Waals surface area contributed by atoms with Gasteiger partial charge in [0, 0.05) is 12.7 Å². The molecule has 0 fully saturated rings. The Morgan fingerprint density at radius 1 is 1.25 bits per heavy atom. The van der Waals surface area contributed by atoms with Crippen LogP contribution < -0.4 is 4.72 Å². The second-order valence-electron chi connectivity index (χ2n) is 6.08. The van der Waals surface area contributed by atoms with Crippen LogP contribution in [0.5, 0.6) is 0 Å². The molecule has 1 N–H and O–H groups in total. The number of benzene rings is 1. The van der Waals surface area contributed by atoms with Crippen LogP contribution >= 0.6 is 11.6 Å². The summed E-state index contributed by atoms with van der Waals surface area (Å²) >= 11 is 5.67. The van der Waals surface area contributed by atoms with Crippen LogP contribution in [-0.2, 0) is 22.7 Å². The largest absolute Gasteiger partial charge is 0.416 e. The molecule has 3 rings (SSSR count). The van der Waals surface area contributed by atoms with Gasteiger partial charge in [-0.05, 0) is 44.2 Å². The highest BCUT2D eigenvalue weighted by Gasteiger charge is 2.31. The van der Waals surface area contributed by atoms with Gasteiger partial charge in [-0.3, -0.25) is 0 Å². The molecule has 0 bridgehead atoms. The SMILES string of the molecule is CCn1c(C(C)NS(=O)(=O)c2ccc(Cl)nc2)nc2ccc(C(F)(F)F)cc21. The zero-order valence-electron chi connectivity index (χ0n) is 14.8.